The molecule has 0 saturated carbocycles. The molecule has 2 heteroatoms. The Labute approximate surface area is 102 Å². The normalized spacial score (nSPS) is 11.6. The predicted molar refractivity (Wildman–Crippen MR) is 69.8 cm³/mol. The Bertz CT molecular complexity index is 539. The molecule has 1 aromatic carbocycles. The zero-order chi connectivity index (χ0) is 12.3. The third-order valence-electron chi connectivity index (χ3n) is 2.86. The topological polar surface area (TPSA) is 6.89 Å². The largest absolute Gasteiger partial charge is 0.269 e. The van der Waals surface area contributed by atoms with E-state index in [0.29, 0.717) is 0 Å². The summed E-state index contributed by atoms with van der Waals surface area (Å²) in [5.74, 6) is 0. The molecule has 2 rings (SSSR count). The van der Waals surface area contributed by atoms with Gasteiger partial charge in [-0.1, -0.05) is 17.7 Å². The minimum Gasteiger partial charge on any atom is -0.196 e. The average Bonchev–Trinajstić information content (AvgIpc) is 2.33. The maximum absolute atomic E-state index is 2.13. The highest BCUT2D eigenvalue weighted by molar-refractivity contribution is 5.71. The average molecular weight is 226 g/mol. The molecule has 0 unspecified atom stereocenters. The molecule has 0 aliphatic heterocycles. The van der Waals surface area contributed by atoms with Gasteiger partial charge in [0.1, 0.15) is 14.1 Å². The molecular formula is C15H18N2+2. The van der Waals surface area contributed by atoms with Crippen LogP contribution in [-0.4, -0.2) is 17.8 Å². The number of aryl methyl sites for hydroxylation is 2. The number of rotatable bonds is 2. The maximum Gasteiger partial charge on any atom is 0.269 e. The van der Waals surface area contributed by atoms with Crippen molar-refractivity contribution in [1.29, 1.82) is 0 Å². The van der Waals surface area contributed by atoms with E-state index >= 15 is 0 Å². The van der Waals surface area contributed by atoms with Crippen molar-refractivity contribution >= 4 is 11.9 Å². The first-order valence-electron chi connectivity index (χ1n) is 5.76. The summed E-state index contributed by atoms with van der Waals surface area (Å²) in [6.45, 7) is 2.10. The second kappa shape index (κ2) is 4.91. The van der Waals surface area contributed by atoms with Crippen molar-refractivity contribution in [2.75, 3.05) is 7.05 Å². The Kier molecular flexibility index (Phi) is 3.33. The van der Waals surface area contributed by atoms with Gasteiger partial charge in [-0.05, 0) is 13.0 Å². The van der Waals surface area contributed by atoms with E-state index in [1.807, 2.05) is 6.07 Å². The molecule has 0 N–H and O–H groups in total. The van der Waals surface area contributed by atoms with Gasteiger partial charge in [0.2, 0.25) is 11.9 Å². The molecule has 0 amide bonds. The van der Waals surface area contributed by atoms with Crippen LogP contribution in [0, 0.1) is 6.92 Å². The molecule has 0 atom stereocenters. The number of nitrogens with zero attached hydrogens (tertiary/aromatic N) is 2. The molecule has 0 bridgehead atoms. The molecule has 86 valence electrons. The van der Waals surface area contributed by atoms with Crippen LogP contribution in [0.5, 0.6) is 0 Å². The van der Waals surface area contributed by atoms with Crippen LogP contribution in [-0.2, 0) is 7.05 Å². The Morgan fingerprint density at radius 3 is 2.41 bits per heavy atom. The van der Waals surface area contributed by atoms with Gasteiger partial charge in [0.15, 0.2) is 6.20 Å². The van der Waals surface area contributed by atoms with Gasteiger partial charge in [0, 0.05) is 24.3 Å². The molecule has 0 aliphatic rings. The maximum atomic E-state index is 2.13. The van der Waals surface area contributed by atoms with Gasteiger partial charge in [0.05, 0.1) is 0 Å². The Hall–Kier alpha value is -1.96. The van der Waals surface area contributed by atoms with Crippen LogP contribution in [0.4, 0.5) is 5.69 Å². The van der Waals surface area contributed by atoms with E-state index in [2.05, 4.69) is 79.0 Å². The van der Waals surface area contributed by atoms with Crippen molar-refractivity contribution in [3.8, 4) is 0 Å². The quantitative estimate of drug-likeness (QED) is 0.547. The van der Waals surface area contributed by atoms with Gasteiger partial charge in [-0.3, -0.25) is 0 Å². The Morgan fingerprint density at radius 1 is 1.06 bits per heavy atom. The van der Waals surface area contributed by atoms with Crippen molar-refractivity contribution in [3.63, 3.8) is 0 Å². The number of pyridine rings is 1. The number of benzene rings is 1. The Balaban J connectivity index is 2.34. The lowest BCUT2D eigenvalue weighted by Gasteiger charge is -1.97. The first kappa shape index (κ1) is 11.5. The van der Waals surface area contributed by atoms with Gasteiger partial charge >= 0.3 is 0 Å². The predicted octanol–water partition coefficient (Wildman–Crippen LogP) is 2.21. The second-order valence-corrected chi connectivity index (χ2v) is 4.31. The van der Waals surface area contributed by atoms with Crippen LogP contribution in [0.2, 0.25) is 0 Å². The van der Waals surface area contributed by atoms with E-state index in [1.165, 1.54) is 16.9 Å². The highest BCUT2D eigenvalue weighted by Crippen LogP contribution is 2.10. The van der Waals surface area contributed by atoms with Crippen LogP contribution < -0.4 is 4.57 Å². The summed E-state index contributed by atoms with van der Waals surface area (Å²) in [6, 6.07) is 14.7. The lowest BCUT2D eigenvalue weighted by molar-refractivity contribution is -0.674. The van der Waals surface area contributed by atoms with Crippen molar-refractivity contribution in [3.05, 3.63) is 59.9 Å². The van der Waals surface area contributed by atoms with Crippen LogP contribution in [0.3, 0.4) is 0 Å². The lowest BCUT2D eigenvalue weighted by atomic mass is 10.2. The summed E-state index contributed by atoms with van der Waals surface area (Å²) >= 11 is 0. The molecule has 0 fully saturated rings. The van der Waals surface area contributed by atoms with Gasteiger partial charge in [-0.25, -0.2) is 0 Å². The molecule has 17 heavy (non-hydrogen) atoms. The molecule has 0 saturated heterocycles. The fourth-order valence-electron chi connectivity index (χ4n) is 1.72. The van der Waals surface area contributed by atoms with Crippen LogP contribution in [0.15, 0.2) is 48.7 Å². The van der Waals surface area contributed by atoms with E-state index in [9.17, 15) is 0 Å². The molecule has 2 aromatic rings. The summed E-state index contributed by atoms with van der Waals surface area (Å²) in [4.78, 5) is 0. The fraction of sp³-hybridized carbons (Fsp3) is 0.200. The van der Waals surface area contributed by atoms with E-state index in [1.54, 1.807) is 0 Å². The minimum atomic E-state index is 1.18. The first-order valence-corrected chi connectivity index (χ1v) is 5.76. The van der Waals surface area contributed by atoms with E-state index in [0.717, 1.165) is 0 Å². The summed E-state index contributed by atoms with van der Waals surface area (Å²) in [5.41, 5.74) is 3.66. The van der Waals surface area contributed by atoms with Crippen molar-refractivity contribution < 1.29 is 9.14 Å². The zero-order valence-electron chi connectivity index (χ0n) is 10.6. The SMILES string of the molecule is Cc1ccc([N+](C)=Cc2cccc[n+]2C)cc1. The molecule has 0 spiro atoms. The van der Waals surface area contributed by atoms with Gasteiger partial charge in [-0.15, -0.1) is 0 Å². The highest BCUT2D eigenvalue weighted by Gasteiger charge is 2.08. The summed E-state index contributed by atoms with van der Waals surface area (Å²) in [5, 5.41) is 0. The molecule has 2 nitrogen and oxygen atoms in total. The molecular weight excluding hydrogens is 208 g/mol. The zero-order valence-corrected chi connectivity index (χ0v) is 10.6. The number of hydrogen-bond donors (Lipinski definition) is 0. The first-order chi connectivity index (χ1) is 8.16. The molecule has 1 heterocycles. The smallest absolute Gasteiger partial charge is 0.196 e. The third-order valence-corrected chi connectivity index (χ3v) is 2.86. The van der Waals surface area contributed by atoms with Crippen LogP contribution >= 0.6 is 0 Å². The number of aromatic nitrogens is 1. The van der Waals surface area contributed by atoms with Crippen molar-refractivity contribution in [2.24, 2.45) is 7.05 Å². The summed E-state index contributed by atoms with van der Waals surface area (Å²) in [7, 11) is 4.12. The highest BCUT2D eigenvalue weighted by atomic mass is 15.0. The number of hydrogen-bond acceptors (Lipinski definition) is 0. The molecule has 1 aromatic heterocycles. The van der Waals surface area contributed by atoms with Crippen LogP contribution in [0.25, 0.3) is 0 Å². The van der Waals surface area contributed by atoms with Gasteiger partial charge < -0.3 is 0 Å². The van der Waals surface area contributed by atoms with Gasteiger partial charge in [-0.2, -0.15) is 9.14 Å². The lowest BCUT2D eigenvalue weighted by Crippen LogP contribution is -2.33. The summed E-state index contributed by atoms with van der Waals surface area (Å²) < 4.78 is 4.24. The third kappa shape index (κ3) is 2.78. The standard InChI is InChI=1S/C15H18N2/c1-13-7-9-14(10-8-13)17(3)12-15-6-4-5-11-16(15)2/h4-12H,1-3H3/q+2. The fourth-order valence-corrected chi connectivity index (χ4v) is 1.72. The van der Waals surface area contributed by atoms with Crippen LogP contribution in [0.1, 0.15) is 11.3 Å². The monoisotopic (exact) mass is 226 g/mol. The second-order valence-electron chi connectivity index (χ2n) is 4.31. The Morgan fingerprint density at radius 2 is 1.76 bits per heavy atom. The van der Waals surface area contributed by atoms with Crippen molar-refractivity contribution in [2.45, 2.75) is 6.92 Å². The van der Waals surface area contributed by atoms with Gasteiger partial charge in [0.25, 0.3) is 5.69 Å². The van der Waals surface area contributed by atoms with E-state index < -0.39 is 0 Å². The van der Waals surface area contributed by atoms with E-state index in [-0.39, 0.29) is 0 Å². The minimum absolute atomic E-state index is 1.18. The molecule has 0 radical (unpaired) electrons. The molecule has 0 aliphatic carbocycles. The summed E-state index contributed by atoms with van der Waals surface area (Å²) in [6.07, 6.45) is 4.18. The van der Waals surface area contributed by atoms with Crippen molar-refractivity contribution in [1.82, 2.24) is 0 Å². The van der Waals surface area contributed by atoms with E-state index in [4.69, 9.17) is 0 Å².